The minimum Gasteiger partial charge on any atom is -0.480 e. The van der Waals surface area contributed by atoms with Gasteiger partial charge < -0.3 is 5.11 Å². The number of carboxylic acids is 1. The van der Waals surface area contributed by atoms with E-state index in [-0.39, 0.29) is 5.56 Å². The number of hydrogen-bond acceptors (Lipinski definition) is 2. The zero-order chi connectivity index (χ0) is 15.4. The van der Waals surface area contributed by atoms with Crippen LogP contribution in [0.25, 0.3) is 0 Å². The second kappa shape index (κ2) is 6.37. The van der Waals surface area contributed by atoms with E-state index in [1.165, 1.54) is 30.3 Å². The van der Waals surface area contributed by atoms with Gasteiger partial charge in [-0.1, -0.05) is 17.7 Å². The first kappa shape index (κ1) is 15.0. The lowest BCUT2D eigenvalue weighted by atomic mass is 10.1. The van der Waals surface area contributed by atoms with Gasteiger partial charge >= 0.3 is 5.97 Å². The quantitative estimate of drug-likeness (QED) is 0.943. The van der Waals surface area contributed by atoms with Crippen molar-refractivity contribution in [3.63, 3.8) is 0 Å². The molecule has 0 atom stereocenters. The summed E-state index contributed by atoms with van der Waals surface area (Å²) in [5, 5.41) is 9.42. The lowest BCUT2D eigenvalue weighted by molar-refractivity contribution is -0.135. The molecule has 0 aliphatic rings. The lowest BCUT2D eigenvalue weighted by Gasteiger charge is -2.21. The van der Waals surface area contributed by atoms with Crippen molar-refractivity contribution in [1.29, 1.82) is 0 Å². The summed E-state index contributed by atoms with van der Waals surface area (Å²) in [4.78, 5) is 24.4. The van der Waals surface area contributed by atoms with Crippen LogP contribution in [0.3, 0.4) is 0 Å². The molecule has 0 aliphatic heterocycles. The number of carbonyl (C=O) groups excluding carboxylic acids is 1. The minimum absolute atomic E-state index is 0.0752. The predicted octanol–water partition coefficient (Wildman–Crippen LogP) is 3.21. The highest BCUT2D eigenvalue weighted by Gasteiger charge is 2.20. The van der Waals surface area contributed by atoms with Crippen LogP contribution < -0.4 is 4.90 Å². The van der Waals surface area contributed by atoms with E-state index in [9.17, 15) is 14.0 Å². The van der Waals surface area contributed by atoms with Crippen LogP contribution in [0, 0.1) is 5.82 Å². The zero-order valence-electron chi connectivity index (χ0n) is 10.8. The molecule has 2 aromatic rings. The molecule has 6 heteroatoms. The Hall–Kier alpha value is -2.40. The first-order valence-electron chi connectivity index (χ1n) is 6.02. The maximum absolute atomic E-state index is 13.2. The molecule has 0 saturated carbocycles. The summed E-state index contributed by atoms with van der Waals surface area (Å²) < 4.78 is 13.2. The Bertz CT molecular complexity index is 673. The van der Waals surface area contributed by atoms with Gasteiger partial charge in [-0.05, 0) is 42.5 Å². The molecular weight excluding hydrogens is 297 g/mol. The number of rotatable bonds is 4. The van der Waals surface area contributed by atoms with Crippen molar-refractivity contribution in [3.05, 3.63) is 64.9 Å². The summed E-state index contributed by atoms with van der Waals surface area (Å²) in [5.41, 5.74) is 0.447. The molecule has 1 N–H and O–H groups in total. The molecule has 2 aromatic carbocycles. The Balaban J connectivity index is 2.38. The van der Waals surface area contributed by atoms with E-state index in [1.54, 1.807) is 12.1 Å². The fourth-order valence-electron chi connectivity index (χ4n) is 1.81. The third-order valence-electron chi connectivity index (χ3n) is 2.75. The number of anilines is 1. The highest BCUT2D eigenvalue weighted by Crippen LogP contribution is 2.20. The number of aliphatic carboxylic acids is 1. The Kier molecular flexibility index (Phi) is 4.55. The standard InChI is InChI=1S/C15H11ClFNO3/c16-11-4-6-13(7-5-11)18(9-14(19)20)15(21)10-2-1-3-12(17)8-10/h1-8H,9H2,(H,19,20). The number of carbonyl (C=O) groups is 2. The lowest BCUT2D eigenvalue weighted by Crippen LogP contribution is -2.35. The Morgan fingerprint density at radius 1 is 1.14 bits per heavy atom. The normalized spacial score (nSPS) is 10.2. The summed E-state index contributed by atoms with van der Waals surface area (Å²) in [6.07, 6.45) is 0. The van der Waals surface area contributed by atoms with E-state index < -0.39 is 24.2 Å². The summed E-state index contributed by atoms with van der Waals surface area (Å²) >= 11 is 5.77. The van der Waals surface area contributed by atoms with E-state index in [4.69, 9.17) is 16.7 Å². The van der Waals surface area contributed by atoms with Crippen LogP contribution in [0.15, 0.2) is 48.5 Å². The Labute approximate surface area is 125 Å². The van der Waals surface area contributed by atoms with Gasteiger partial charge in [-0.15, -0.1) is 0 Å². The molecule has 0 bridgehead atoms. The molecular formula is C15H11ClFNO3. The SMILES string of the molecule is O=C(O)CN(C(=O)c1cccc(F)c1)c1ccc(Cl)cc1. The number of amides is 1. The maximum atomic E-state index is 13.2. The van der Waals surface area contributed by atoms with Crippen molar-refractivity contribution >= 4 is 29.2 Å². The Morgan fingerprint density at radius 3 is 2.38 bits per heavy atom. The van der Waals surface area contributed by atoms with Crippen LogP contribution in [-0.4, -0.2) is 23.5 Å². The predicted molar refractivity (Wildman–Crippen MR) is 77.2 cm³/mol. The smallest absolute Gasteiger partial charge is 0.323 e. The van der Waals surface area contributed by atoms with Gasteiger partial charge in [-0.3, -0.25) is 14.5 Å². The number of nitrogens with zero attached hydrogens (tertiary/aromatic N) is 1. The highest BCUT2D eigenvalue weighted by molar-refractivity contribution is 6.30. The molecule has 0 heterocycles. The second-order valence-corrected chi connectivity index (χ2v) is 4.71. The van der Waals surface area contributed by atoms with Gasteiger partial charge in [0.25, 0.3) is 5.91 Å². The molecule has 2 rings (SSSR count). The Morgan fingerprint density at radius 2 is 1.81 bits per heavy atom. The van der Waals surface area contributed by atoms with Gasteiger partial charge in [0.1, 0.15) is 12.4 Å². The molecule has 21 heavy (non-hydrogen) atoms. The van der Waals surface area contributed by atoms with Crippen LogP contribution in [0.4, 0.5) is 10.1 Å². The molecule has 0 unspecified atom stereocenters. The third-order valence-corrected chi connectivity index (χ3v) is 3.00. The zero-order valence-corrected chi connectivity index (χ0v) is 11.5. The summed E-state index contributed by atoms with van der Waals surface area (Å²) in [6.45, 7) is -0.531. The number of halogens is 2. The summed E-state index contributed by atoms with van der Waals surface area (Å²) in [7, 11) is 0. The van der Waals surface area contributed by atoms with Crippen molar-refractivity contribution in [3.8, 4) is 0 Å². The minimum atomic E-state index is -1.17. The number of carboxylic acid groups (broad SMARTS) is 1. The van der Waals surface area contributed by atoms with E-state index in [0.29, 0.717) is 10.7 Å². The van der Waals surface area contributed by atoms with E-state index in [2.05, 4.69) is 0 Å². The van der Waals surface area contributed by atoms with Crippen LogP contribution in [0.1, 0.15) is 10.4 Å². The second-order valence-electron chi connectivity index (χ2n) is 4.27. The molecule has 0 spiro atoms. The van der Waals surface area contributed by atoms with Crippen molar-refractivity contribution in [2.75, 3.05) is 11.4 Å². The van der Waals surface area contributed by atoms with Crippen molar-refractivity contribution in [2.45, 2.75) is 0 Å². The van der Waals surface area contributed by atoms with Crippen molar-refractivity contribution < 1.29 is 19.1 Å². The highest BCUT2D eigenvalue weighted by atomic mass is 35.5. The van der Waals surface area contributed by atoms with E-state index in [1.807, 2.05) is 0 Å². The van der Waals surface area contributed by atoms with E-state index in [0.717, 1.165) is 11.0 Å². The monoisotopic (exact) mass is 307 g/mol. The molecule has 0 saturated heterocycles. The van der Waals surface area contributed by atoms with E-state index >= 15 is 0 Å². The largest absolute Gasteiger partial charge is 0.480 e. The molecule has 0 aliphatic carbocycles. The van der Waals surface area contributed by atoms with Gasteiger partial charge in [-0.25, -0.2) is 4.39 Å². The maximum Gasteiger partial charge on any atom is 0.323 e. The van der Waals surface area contributed by atoms with Gasteiger partial charge in [-0.2, -0.15) is 0 Å². The number of hydrogen-bond donors (Lipinski definition) is 1. The van der Waals surface area contributed by atoms with Crippen LogP contribution in [0.2, 0.25) is 5.02 Å². The summed E-state index contributed by atoms with van der Waals surface area (Å²) in [5.74, 6) is -2.33. The molecule has 0 aromatic heterocycles. The average molecular weight is 308 g/mol. The van der Waals surface area contributed by atoms with Crippen LogP contribution >= 0.6 is 11.6 Å². The molecule has 1 amide bonds. The van der Waals surface area contributed by atoms with Gasteiger partial charge in [0.2, 0.25) is 0 Å². The van der Waals surface area contributed by atoms with Gasteiger partial charge in [0.05, 0.1) is 0 Å². The average Bonchev–Trinajstić information content (AvgIpc) is 2.45. The van der Waals surface area contributed by atoms with Crippen molar-refractivity contribution in [1.82, 2.24) is 0 Å². The van der Waals surface area contributed by atoms with Crippen LogP contribution in [0.5, 0.6) is 0 Å². The summed E-state index contributed by atoms with van der Waals surface area (Å²) in [6, 6.07) is 11.2. The first-order chi connectivity index (χ1) is 9.97. The fraction of sp³-hybridized carbons (Fsp3) is 0.0667. The first-order valence-corrected chi connectivity index (χ1v) is 6.40. The molecule has 0 radical (unpaired) electrons. The topological polar surface area (TPSA) is 57.6 Å². The fourth-order valence-corrected chi connectivity index (χ4v) is 1.94. The third kappa shape index (κ3) is 3.79. The van der Waals surface area contributed by atoms with Gasteiger partial charge in [0.15, 0.2) is 0 Å². The van der Waals surface area contributed by atoms with Gasteiger partial charge in [0, 0.05) is 16.3 Å². The van der Waals surface area contributed by atoms with Crippen molar-refractivity contribution in [2.24, 2.45) is 0 Å². The molecule has 108 valence electrons. The molecule has 4 nitrogen and oxygen atoms in total. The number of benzene rings is 2. The molecule has 0 fully saturated rings. The van der Waals surface area contributed by atoms with Crippen LogP contribution in [-0.2, 0) is 4.79 Å².